The van der Waals surface area contributed by atoms with Gasteiger partial charge in [0.05, 0.1) is 6.61 Å². The maximum Gasteiger partial charge on any atom is 0.514 e. The first kappa shape index (κ1) is 13.6. The van der Waals surface area contributed by atoms with Crippen LogP contribution in [0.15, 0.2) is 0 Å². The summed E-state index contributed by atoms with van der Waals surface area (Å²) in [6.07, 6.45) is 0. The van der Waals surface area contributed by atoms with Crippen molar-refractivity contribution in [1.29, 1.82) is 0 Å². The zero-order chi connectivity index (χ0) is 11.2. The predicted molar refractivity (Wildman–Crippen MR) is 52.8 cm³/mol. The molecule has 5 nitrogen and oxygen atoms in total. The lowest BCUT2D eigenvalue weighted by Crippen LogP contribution is -2.49. The molecule has 0 bridgehead atoms. The number of carbonyl (C=O) groups excluding carboxylic acids is 1. The van der Waals surface area contributed by atoms with E-state index in [9.17, 15) is 4.79 Å². The van der Waals surface area contributed by atoms with Gasteiger partial charge in [-0.05, 0) is 13.8 Å². The predicted octanol–water partition coefficient (Wildman–Crippen LogP) is 0.818. The lowest BCUT2D eigenvalue weighted by atomic mass is 10.5. The van der Waals surface area contributed by atoms with Gasteiger partial charge in [-0.2, -0.15) is 0 Å². The first-order valence-electron chi connectivity index (χ1n) is 4.40. The minimum atomic E-state index is -2.90. The van der Waals surface area contributed by atoms with Crippen LogP contribution in [0.4, 0.5) is 0 Å². The summed E-state index contributed by atoms with van der Waals surface area (Å²) >= 11 is 0. The van der Waals surface area contributed by atoms with E-state index in [0.717, 1.165) is 0 Å². The second kappa shape index (κ2) is 6.13. The van der Waals surface area contributed by atoms with Gasteiger partial charge in [0.1, 0.15) is 5.54 Å². The minimum Gasteiger partial charge on any atom is -0.466 e. The Bertz CT molecular complexity index is 172. The molecule has 0 aromatic rings. The third-order valence-corrected chi connectivity index (χ3v) is 5.03. The summed E-state index contributed by atoms with van der Waals surface area (Å²) in [7, 11) is 1.51. The van der Waals surface area contributed by atoms with Gasteiger partial charge >= 0.3 is 14.8 Å². The van der Waals surface area contributed by atoms with E-state index in [-0.39, 0.29) is 5.97 Å². The summed E-state index contributed by atoms with van der Waals surface area (Å²) in [5.41, 5.74) is -0.512. The number of esters is 1. The second-order valence-corrected chi connectivity index (χ2v) is 5.99. The highest BCUT2D eigenvalue weighted by Gasteiger charge is 2.49. The highest BCUT2D eigenvalue weighted by Crippen LogP contribution is 2.24. The van der Waals surface area contributed by atoms with Gasteiger partial charge < -0.3 is 18.0 Å². The first-order valence-corrected chi connectivity index (χ1v) is 6.20. The molecule has 0 rings (SSSR count). The Hall–Kier alpha value is -0.433. The number of ether oxygens (including phenoxy) is 1. The van der Waals surface area contributed by atoms with Crippen molar-refractivity contribution in [2.24, 2.45) is 0 Å². The Morgan fingerprint density at radius 3 is 1.93 bits per heavy atom. The largest absolute Gasteiger partial charge is 0.514 e. The molecule has 14 heavy (non-hydrogen) atoms. The van der Waals surface area contributed by atoms with Crippen molar-refractivity contribution in [3.8, 4) is 0 Å². The molecule has 0 saturated heterocycles. The average molecular weight is 222 g/mol. The molecule has 0 aliphatic carbocycles. The molecule has 0 aromatic heterocycles. The standard InChI is InChI=1S/C8H18O5Si/c1-6-13-8(9)7(2)14(10-3,11-4)12-5/h7H,6H2,1-5H3. The van der Waals surface area contributed by atoms with E-state index in [2.05, 4.69) is 0 Å². The van der Waals surface area contributed by atoms with Crippen LogP contribution < -0.4 is 0 Å². The molecule has 0 heterocycles. The molecule has 0 radical (unpaired) electrons. The number of rotatable bonds is 6. The zero-order valence-corrected chi connectivity index (χ0v) is 10.3. The van der Waals surface area contributed by atoms with E-state index in [1.165, 1.54) is 21.3 Å². The highest BCUT2D eigenvalue weighted by atomic mass is 28.4. The maximum absolute atomic E-state index is 11.4. The van der Waals surface area contributed by atoms with Crippen LogP contribution in [0.3, 0.4) is 0 Å². The third-order valence-electron chi connectivity index (χ3n) is 2.02. The fourth-order valence-corrected chi connectivity index (χ4v) is 3.12. The molecular formula is C8H18O5Si. The van der Waals surface area contributed by atoms with Crippen LogP contribution in [0, 0.1) is 0 Å². The fraction of sp³-hybridized carbons (Fsp3) is 0.875. The summed E-state index contributed by atoms with van der Waals surface area (Å²) < 4.78 is 20.3. The average Bonchev–Trinajstić information content (AvgIpc) is 2.21. The molecule has 0 aliphatic rings. The molecule has 0 saturated carbocycles. The molecule has 0 amide bonds. The molecule has 1 atom stereocenters. The summed E-state index contributed by atoms with van der Waals surface area (Å²) in [5, 5.41) is 0. The van der Waals surface area contributed by atoms with Crippen molar-refractivity contribution in [3.63, 3.8) is 0 Å². The Labute approximate surface area is 85.7 Å². The summed E-state index contributed by atoms with van der Waals surface area (Å²) in [6, 6.07) is 0. The molecule has 0 aromatic carbocycles. The van der Waals surface area contributed by atoms with Gasteiger partial charge in [0.25, 0.3) is 0 Å². The van der Waals surface area contributed by atoms with E-state index in [4.69, 9.17) is 18.0 Å². The van der Waals surface area contributed by atoms with Crippen molar-refractivity contribution in [2.45, 2.75) is 19.4 Å². The van der Waals surface area contributed by atoms with E-state index in [1.54, 1.807) is 13.8 Å². The van der Waals surface area contributed by atoms with Crippen LogP contribution in [0.25, 0.3) is 0 Å². The summed E-state index contributed by atoms with van der Waals surface area (Å²) in [4.78, 5) is 11.4. The van der Waals surface area contributed by atoms with Gasteiger partial charge in [0.2, 0.25) is 0 Å². The van der Waals surface area contributed by atoms with Crippen LogP contribution in [0.1, 0.15) is 13.8 Å². The van der Waals surface area contributed by atoms with E-state index in [1.807, 2.05) is 0 Å². The van der Waals surface area contributed by atoms with Crippen LogP contribution in [-0.4, -0.2) is 42.7 Å². The lowest BCUT2D eigenvalue weighted by molar-refractivity contribution is -0.144. The molecule has 1 unspecified atom stereocenters. The molecule has 6 heteroatoms. The quantitative estimate of drug-likeness (QED) is 0.492. The van der Waals surface area contributed by atoms with Crippen molar-refractivity contribution in [2.75, 3.05) is 27.9 Å². The van der Waals surface area contributed by atoms with Gasteiger partial charge in [-0.15, -0.1) is 0 Å². The van der Waals surface area contributed by atoms with Crippen molar-refractivity contribution in [1.82, 2.24) is 0 Å². The van der Waals surface area contributed by atoms with Crippen LogP contribution in [0.5, 0.6) is 0 Å². The van der Waals surface area contributed by atoms with Crippen LogP contribution >= 0.6 is 0 Å². The van der Waals surface area contributed by atoms with Crippen LogP contribution in [-0.2, 0) is 22.8 Å². The SMILES string of the molecule is CCOC(=O)C(C)[Si](OC)(OC)OC. The molecular weight excluding hydrogens is 204 g/mol. The highest BCUT2D eigenvalue weighted by molar-refractivity contribution is 6.65. The van der Waals surface area contributed by atoms with E-state index < -0.39 is 14.3 Å². The molecule has 84 valence electrons. The van der Waals surface area contributed by atoms with E-state index in [0.29, 0.717) is 6.61 Å². The minimum absolute atomic E-state index is 0.338. The smallest absolute Gasteiger partial charge is 0.466 e. The van der Waals surface area contributed by atoms with Gasteiger partial charge in [0.15, 0.2) is 0 Å². The lowest BCUT2D eigenvalue weighted by Gasteiger charge is -2.28. The van der Waals surface area contributed by atoms with Gasteiger partial charge in [-0.1, -0.05) is 0 Å². The third kappa shape index (κ3) is 2.78. The number of carbonyl (C=O) groups is 1. The normalized spacial score (nSPS) is 13.8. The second-order valence-electron chi connectivity index (χ2n) is 2.69. The van der Waals surface area contributed by atoms with Crippen molar-refractivity contribution in [3.05, 3.63) is 0 Å². The van der Waals surface area contributed by atoms with Gasteiger partial charge in [-0.3, -0.25) is 4.79 Å². The number of hydrogen-bond donors (Lipinski definition) is 0. The zero-order valence-electron chi connectivity index (χ0n) is 9.33. The van der Waals surface area contributed by atoms with Crippen LogP contribution in [0.2, 0.25) is 5.54 Å². The number of hydrogen-bond acceptors (Lipinski definition) is 5. The Kier molecular flexibility index (Phi) is 5.94. The van der Waals surface area contributed by atoms with Crippen molar-refractivity contribution < 1.29 is 22.8 Å². The first-order chi connectivity index (χ1) is 6.57. The van der Waals surface area contributed by atoms with E-state index >= 15 is 0 Å². The Balaban J connectivity index is 4.57. The Morgan fingerprint density at radius 2 is 1.64 bits per heavy atom. The molecule has 0 aliphatic heterocycles. The molecule has 0 fully saturated rings. The molecule has 0 spiro atoms. The summed E-state index contributed by atoms with van der Waals surface area (Å²) in [5.74, 6) is -0.357. The van der Waals surface area contributed by atoms with Crippen molar-refractivity contribution >= 4 is 14.8 Å². The van der Waals surface area contributed by atoms with Gasteiger partial charge in [0, 0.05) is 21.3 Å². The van der Waals surface area contributed by atoms with Gasteiger partial charge in [-0.25, -0.2) is 0 Å². The topological polar surface area (TPSA) is 54.0 Å². The summed E-state index contributed by atoms with van der Waals surface area (Å²) in [6.45, 7) is 3.77. The fourth-order valence-electron chi connectivity index (χ4n) is 1.19. The maximum atomic E-state index is 11.4. The Morgan fingerprint density at radius 1 is 1.21 bits per heavy atom. The molecule has 0 N–H and O–H groups in total. The monoisotopic (exact) mass is 222 g/mol.